The summed E-state index contributed by atoms with van der Waals surface area (Å²) in [6.45, 7) is 20.9. The van der Waals surface area contributed by atoms with Crippen LogP contribution in [0.2, 0.25) is 0 Å². The predicted octanol–water partition coefficient (Wildman–Crippen LogP) is 23.9. The Bertz CT molecular complexity index is 5220. The summed E-state index contributed by atoms with van der Waals surface area (Å²) in [5.41, 5.74) is 31.3. The fraction of sp³-hybridized carbons (Fsp3) is 0.128. The van der Waals surface area contributed by atoms with Gasteiger partial charge in [-0.3, -0.25) is 0 Å². The minimum atomic E-state index is -0.254. The van der Waals surface area contributed by atoms with E-state index in [4.69, 9.17) is 0 Å². The Morgan fingerprint density at radius 3 is 1.04 bits per heavy atom. The summed E-state index contributed by atoms with van der Waals surface area (Å²) in [4.78, 5) is 5.43. The van der Waals surface area contributed by atoms with E-state index in [1.54, 1.807) is 0 Å². The molecule has 4 heteroatoms. The Kier molecular flexibility index (Phi) is 14.4. The van der Waals surface area contributed by atoms with E-state index in [-0.39, 0.29) is 23.0 Å². The molecule has 3 heterocycles. The van der Waals surface area contributed by atoms with Gasteiger partial charge in [-0.15, -0.1) is 0 Å². The van der Waals surface area contributed by atoms with Crippen molar-refractivity contribution in [3.05, 3.63) is 326 Å². The first-order chi connectivity index (χ1) is 47.5. The topological polar surface area (TPSA) is 11.4 Å². The van der Waals surface area contributed by atoms with Gasteiger partial charge >= 0.3 is 0 Å². The SMILES string of the molecule is CC(C)(C)c1cc(-c2ccccc2)c(N2c3ccc(-c4ccccc4)cc3B3c4cc(-c5ccccc5)ccc4N(c4c(-c5ccccc5)cc(C(C)(C)C)cc4-c4ccccc4)c4cc(-n5c6ccc(C(C)(C)C)cc6c6ccc7ccccc7c65)cc2c43)c(-c2ccccc2)c1. The molecule has 1 aromatic heterocycles. The average molecular weight is 1260 g/mol. The first-order valence-electron chi connectivity index (χ1n) is 34.8. The van der Waals surface area contributed by atoms with E-state index in [1.807, 2.05) is 0 Å². The number of rotatable bonds is 9. The zero-order chi connectivity index (χ0) is 66.8. The lowest BCUT2D eigenvalue weighted by molar-refractivity contribution is 0.590. The van der Waals surface area contributed by atoms with Crippen LogP contribution in [-0.4, -0.2) is 11.3 Å². The number of anilines is 6. The van der Waals surface area contributed by atoms with Gasteiger partial charge in [-0.1, -0.05) is 311 Å². The zero-order valence-electron chi connectivity index (χ0n) is 57.4. The molecule has 17 rings (SSSR count). The van der Waals surface area contributed by atoms with Crippen LogP contribution in [0.1, 0.15) is 79.0 Å². The van der Waals surface area contributed by atoms with E-state index < -0.39 is 0 Å². The summed E-state index contributed by atoms with van der Waals surface area (Å²) in [5.74, 6) is 0. The van der Waals surface area contributed by atoms with E-state index in [9.17, 15) is 0 Å². The monoisotopic (exact) mass is 1260 g/mol. The van der Waals surface area contributed by atoms with Gasteiger partial charge in [0.2, 0.25) is 0 Å². The molecule has 0 atom stereocenters. The van der Waals surface area contributed by atoms with Gasteiger partial charge in [0.25, 0.3) is 6.71 Å². The molecule has 3 nitrogen and oxygen atoms in total. The Morgan fingerprint density at radius 2 is 0.643 bits per heavy atom. The van der Waals surface area contributed by atoms with Gasteiger partial charge in [0.1, 0.15) is 0 Å². The molecule has 0 unspecified atom stereocenters. The number of nitrogens with zero attached hydrogens (tertiary/aromatic N) is 3. The molecule has 0 fully saturated rings. The number of benzene rings is 14. The van der Waals surface area contributed by atoms with Crippen LogP contribution in [0.4, 0.5) is 34.1 Å². The molecule has 15 aromatic rings. The predicted molar refractivity (Wildman–Crippen MR) is 421 cm³/mol. The van der Waals surface area contributed by atoms with E-state index >= 15 is 0 Å². The Labute approximate surface area is 577 Å². The summed E-state index contributed by atoms with van der Waals surface area (Å²) < 4.78 is 2.63. The molecule has 2 aliphatic rings. The molecular weight excluding hydrogens is 1180 g/mol. The molecular formula is C94H78BN3. The smallest absolute Gasteiger partial charge is 0.252 e. The summed E-state index contributed by atoms with van der Waals surface area (Å²) in [7, 11) is 0. The standard InChI is InChI=1S/C94H78BN3/c1-92(2,3)70-47-51-83-80(54-70)75-48-44-67-42-28-29-43-74(67)89(75)96(83)73-59-86-88-87(60-73)98(91-78(65-38-24-14-25-39-65)57-72(94(7,8)9)58-79(91)66-40-26-15-27-41-66)85-50-46-69(62-32-18-11-19-33-62)53-82(85)95(88)81-52-68(61-30-16-10-17-31-61)45-49-84(81)97(86)90-76(63-34-20-12-21-35-63)55-71(93(4,5)6)56-77(90)64-36-22-13-23-37-64/h10-60H,1-9H3. The van der Waals surface area contributed by atoms with Gasteiger partial charge in [0, 0.05) is 61.2 Å². The van der Waals surface area contributed by atoms with Crippen LogP contribution in [0.3, 0.4) is 0 Å². The molecule has 0 saturated heterocycles. The van der Waals surface area contributed by atoms with E-state index in [2.05, 4.69) is 386 Å². The van der Waals surface area contributed by atoms with Crippen LogP contribution in [0.15, 0.2) is 309 Å². The second kappa shape index (κ2) is 23.3. The van der Waals surface area contributed by atoms with Crippen molar-refractivity contribution in [1.82, 2.24) is 4.57 Å². The highest BCUT2D eigenvalue weighted by Crippen LogP contribution is 2.56. The van der Waals surface area contributed by atoms with Crippen LogP contribution in [0.25, 0.3) is 105 Å². The van der Waals surface area contributed by atoms with E-state index in [0.717, 1.165) is 67.6 Å². The number of hydrogen-bond donors (Lipinski definition) is 0. The molecule has 14 aromatic carbocycles. The second-order valence-corrected chi connectivity index (χ2v) is 30.1. The van der Waals surface area contributed by atoms with E-state index in [0.29, 0.717) is 0 Å². The van der Waals surface area contributed by atoms with Crippen LogP contribution in [-0.2, 0) is 16.2 Å². The van der Waals surface area contributed by atoms with Gasteiger partial charge in [-0.2, -0.15) is 0 Å². The highest BCUT2D eigenvalue weighted by atomic mass is 15.2. The molecule has 0 amide bonds. The van der Waals surface area contributed by atoms with Crippen molar-refractivity contribution in [2.45, 2.75) is 78.6 Å². The number of fused-ring (bicyclic) bond motifs is 9. The zero-order valence-corrected chi connectivity index (χ0v) is 57.4. The van der Waals surface area contributed by atoms with Crippen molar-refractivity contribution in [2.75, 3.05) is 9.80 Å². The fourth-order valence-electron chi connectivity index (χ4n) is 15.7. The summed E-state index contributed by atoms with van der Waals surface area (Å²) in [5, 5.41) is 4.87. The van der Waals surface area contributed by atoms with Crippen molar-refractivity contribution in [3.8, 4) is 72.4 Å². The van der Waals surface area contributed by atoms with Crippen molar-refractivity contribution in [2.24, 2.45) is 0 Å². The van der Waals surface area contributed by atoms with Gasteiger partial charge < -0.3 is 14.4 Å². The molecule has 472 valence electrons. The van der Waals surface area contributed by atoms with Crippen molar-refractivity contribution in [1.29, 1.82) is 0 Å². The summed E-state index contributed by atoms with van der Waals surface area (Å²) in [6, 6.07) is 118. The third kappa shape index (κ3) is 10.2. The maximum absolute atomic E-state index is 2.72. The molecule has 0 spiro atoms. The van der Waals surface area contributed by atoms with Gasteiger partial charge in [-0.05, 0) is 160 Å². The van der Waals surface area contributed by atoms with Crippen LogP contribution < -0.4 is 26.2 Å². The normalized spacial score (nSPS) is 12.9. The van der Waals surface area contributed by atoms with Crippen molar-refractivity contribution < 1.29 is 0 Å². The quantitative estimate of drug-likeness (QED) is 0.133. The average Bonchev–Trinajstić information content (AvgIpc) is 0.816. The highest BCUT2D eigenvalue weighted by Gasteiger charge is 2.46. The largest absolute Gasteiger partial charge is 0.310 e. The summed E-state index contributed by atoms with van der Waals surface area (Å²) in [6.07, 6.45) is 0. The fourth-order valence-corrected chi connectivity index (χ4v) is 15.7. The van der Waals surface area contributed by atoms with Crippen LogP contribution >= 0.6 is 0 Å². The van der Waals surface area contributed by atoms with Gasteiger partial charge in [-0.25, -0.2) is 0 Å². The molecule has 0 radical (unpaired) electrons. The Morgan fingerprint density at radius 1 is 0.265 bits per heavy atom. The van der Waals surface area contributed by atoms with Gasteiger partial charge in [0.05, 0.1) is 28.1 Å². The van der Waals surface area contributed by atoms with Crippen LogP contribution in [0.5, 0.6) is 0 Å². The number of hydrogen-bond acceptors (Lipinski definition) is 2. The summed E-state index contributed by atoms with van der Waals surface area (Å²) >= 11 is 0. The third-order valence-corrected chi connectivity index (χ3v) is 20.8. The molecule has 0 bridgehead atoms. The van der Waals surface area contributed by atoms with Gasteiger partial charge in [0.15, 0.2) is 0 Å². The molecule has 0 saturated carbocycles. The third-order valence-electron chi connectivity index (χ3n) is 20.8. The first-order valence-corrected chi connectivity index (χ1v) is 34.8. The Balaban J connectivity index is 1.12. The van der Waals surface area contributed by atoms with E-state index in [1.165, 1.54) is 105 Å². The molecule has 2 aliphatic heterocycles. The van der Waals surface area contributed by atoms with Crippen molar-refractivity contribution in [3.63, 3.8) is 0 Å². The molecule has 0 aliphatic carbocycles. The van der Waals surface area contributed by atoms with Crippen molar-refractivity contribution >= 4 is 89.8 Å². The minimum Gasteiger partial charge on any atom is -0.310 e. The highest BCUT2D eigenvalue weighted by molar-refractivity contribution is 7.00. The maximum Gasteiger partial charge on any atom is 0.252 e. The minimum absolute atomic E-state index is 0.0854. The first kappa shape index (κ1) is 60.5. The lowest BCUT2D eigenvalue weighted by Crippen LogP contribution is -2.61. The van der Waals surface area contributed by atoms with Crippen LogP contribution in [0, 0.1) is 0 Å². The maximum atomic E-state index is 2.72. The molecule has 98 heavy (non-hydrogen) atoms. The lowest BCUT2D eigenvalue weighted by atomic mass is 9.33. The number of aromatic nitrogens is 1. The lowest BCUT2D eigenvalue weighted by Gasteiger charge is -2.46. The Hall–Kier alpha value is -11.2. The second-order valence-electron chi connectivity index (χ2n) is 30.1. The molecule has 0 N–H and O–H groups in total.